The number of benzene rings is 1. The quantitative estimate of drug-likeness (QED) is 0.830. The number of aromatic nitrogens is 2. The Balaban J connectivity index is 2.29. The Morgan fingerprint density at radius 3 is 2.81 bits per heavy atom. The minimum Gasteiger partial charge on any atom is -0.284 e. The van der Waals surface area contributed by atoms with E-state index in [0.717, 1.165) is 3.57 Å². The van der Waals surface area contributed by atoms with Gasteiger partial charge in [-0.05, 0) is 40.8 Å². The lowest BCUT2D eigenvalue weighted by Gasteiger charge is -2.05. The molecule has 0 aliphatic rings. The standard InChI is InChI=1S/C9H8IN3O2S/c10-7-2-1-3-8(4-7)13-16(14,15)9-5-11-12-6-9/h1-6,13H,(H,11,12). The number of aromatic amines is 1. The van der Waals surface area contributed by atoms with Gasteiger partial charge < -0.3 is 0 Å². The molecule has 0 fully saturated rings. The van der Waals surface area contributed by atoms with Gasteiger partial charge in [0, 0.05) is 15.5 Å². The number of sulfonamides is 1. The minimum absolute atomic E-state index is 0.117. The van der Waals surface area contributed by atoms with Crippen LogP contribution in [0.3, 0.4) is 0 Å². The van der Waals surface area contributed by atoms with Gasteiger partial charge in [0.25, 0.3) is 10.0 Å². The molecule has 5 nitrogen and oxygen atoms in total. The molecule has 0 atom stereocenters. The van der Waals surface area contributed by atoms with Crippen LogP contribution in [-0.4, -0.2) is 18.6 Å². The van der Waals surface area contributed by atoms with Crippen molar-refractivity contribution in [2.75, 3.05) is 4.72 Å². The molecule has 84 valence electrons. The summed E-state index contributed by atoms with van der Waals surface area (Å²) in [5.74, 6) is 0. The highest BCUT2D eigenvalue weighted by molar-refractivity contribution is 14.1. The van der Waals surface area contributed by atoms with Crippen LogP contribution >= 0.6 is 22.6 Å². The topological polar surface area (TPSA) is 74.8 Å². The Morgan fingerprint density at radius 2 is 2.19 bits per heavy atom. The van der Waals surface area contributed by atoms with Crippen LogP contribution in [-0.2, 0) is 10.0 Å². The van der Waals surface area contributed by atoms with Crippen LogP contribution in [0.5, 0.6) is 0 Å². The van der Waals surface area contributed by atoms with Crippen LogP contribution in [0.4, 0.5) is 5.69 Å². The second-order valence-electron chi connectivity index (χ2n) is 3.05. The monoisotopic (exact) mass is 349 g/mol. The third kappa shape index (κ3) is 2.53. The lowest BCUT2D eigenvalue weighted by atomic mass is 10.3. The first-order valence-corrected chi connectivity index (χ1v) is 6.91. The Morgan fingerprint density at radius 1 is 1.38 bits per heavy atom. The number of hydrogen-bond acceptors (Lipinski definition) is 3. The highest BCUT2D eigenvalue weighted by Gasteiger charge is 2.14. The van der Waals surface area contributed by atoms with Gasteiger partial charge in [0.15, 0.2) is 0 Å². The number of H-pyrrole nitrogens is 1. The number of hydrogen-bond donors (Lipinski definition) is 2. The summed E-state index contributed by atoms with van der Waals surface area (Å²) in [6, 6.07) is 7.11. The SMILES string of the molecule is O=S(=O)(Nc1cccc(I)c1)c1cn[nH]c1. The number of halogens is 1. The average molecular weight is 349 g/mol. The van der Waals surface area contributed by atoms with Crippen molar-refractivity contribution in [3.8, 4) is 0 Å². The van der Waals surface area contributed by atoms with E-state index >= 15 is 0 Å². The van der Waals surface area contributed by atoms with E-state index in [1.165, 1.54) is 12.4 Å². The summed E-state index contributed by atoms with van der Waals surface area (Å²) in [7, 11) is -3.53. The first-order valence-electron chi connectivity index (χ1n) is 4.35. The van der Waals surface area contributed by atoms with Crippen molar-refractivity contribution in [2.24, 2.45) is 0 Å². The molecule has 16 heavy (non-hydrogen) atoms. The predicted octanol–water partition coefficient (Wildman–Crippen LogP) is 1.82. The van der Waals surface area contributed by atoms with Crippen molar-refractivity contribution in [2.45, 2.75) is 4.90 Å². The summed E-state index contributed by atoms with van der Waals surface area (Å²) >= 11 is 2.12. The second kappa shape index (κ2) is 4.42. The highest BCUT2D eigenvalue weighted by atomic mass is 127. The molecule has 0 spiro atoms. The Labute approximate surface area is 106 Å². The van der Waals surface area contributed by atoms with Crippen LogP contribution < -0.4 is 4.72 Å². The third-order valence-corrected chi connectivity index (χ3v) is 3.88. The minimum atomic E-state index is -3.53. The van der Waals surface area contributed by atoms with E-state index in [9.17, 15) is 8.42 Å². The molecular weight excluding hydrogens is 341 g/mol. The van der Waals surface area contributed by atoms with Gasteiger partial charge in [-0.25, -0.2) is 8.42 Å². The molecule has 0 radical (unpaired) electrons. The number of rotatable bonds is 3. The second-order valence-corrected chi connectivity index (χ2v) is 5.98. The third-order valence-electron chi connectivity index (χ3n) is 1.86. The first kappa shape index (κ1) is 11.4. The zero-order chi connectivity index (χ0) is 11.6. The van der Waals surface area contributed by atoms with Gasteiger partial charge in [-0.1, -0.05) is 6.07 Å². The fourth-order valence-electron chi connectivity index (χ4n) is 1.15. The lowest BCUT2D eigenvalue weighted by molar-refractivity contribution is 0.601. The maximum Gasteiger partial charge on any atom is 0.265 e. The van der Waals surface area contributed by atoms with Gasteiger partial charge in [0.2, 0.25) is 0 Å². The molecule has 0 saturated heterocycles. The Bertz CT molecular complexity index is 581. The molecule has 0 unspecified atom stereocenters. The Hall–Kier alpha value is -1.09. The summed E-state index contributed by atoms with van der Waals surface area (Å²) in [4.78, 5) is 0.117. The summed E-state index contributed by atoms with van der Waals surface area (Å²) in [5, 5.41) is 6.06. The zero-order valence-corrected chi connectivity index (χ0v) is 11.0. The molecule has 1 aromatic heterocycles. The largest absolute Gasteiger partial charge is 0.284 e. The average Bonchev–Trinajstić information content (AvgIpc) is 2.69. The van der Waals surface area contributed by atoms with Gasteiger partial charge in [0.05, 0.1) is 6.20 Å². The van der Waals surface area contributed by atoms with E-state index < -0.39 is 10.0 Å². The fraction of sp³-hybridized carbons (Fsp3) is 0. The molecule has 0 bridgehead atoms. The van der Waals surface area contributed by atoms with E-state index in [1.807, 2.05) is 6.07 Å². The number of nitrogens with zero attached hydrogens (tertiary/aromatic N) is 1. The van der Waals surface area contributed by atoms with Gasteiger partial charge in [0.1, 0.15) is 4.90 Å². The zero-order valence-electron chi connectivity index (χ0n) is 8.01. The van der Waals surface area contributed by atoms with Gasteiger partial charge in [-0.2, -0.15) is 5.10 Å². The molecule has 0 aliphatic heterocycles. The van der Waals surface area contributed by atoms with E-state index in [-0.39, 0.29) is 4.90 Å². The van der Waals surface area contributed by atoms with E-state index in [2.05, 4.69) is 37.5 Å². The predicted molar refractivity (Wildman–Crippen MR) is 68.6 cm³/mol. The van der Waals surface area contributed by atoms with Crippen molar-refractivity contribution in [1.82, 2.24) is 10.2 Å². The lowest BCUT2D eigenvalue weighted by Crippen LogP contribution is -2.12. The van der Waals surface area contributed by atoms with Crippen LogP contribution in [0.25, 0.3) is 0 Å². The molecule has 2 aromatic rings. The van der Waals surface area contributed by atoms with E-state index in [1.54, 1.807) is 18.2 Å². The summed E-state index contributed by atoms with van der Waals surface area (Å²) < 4.78 is 27.0. The summed E-state index contributed by atoms with van der Waals surface area (Å²) in [5.41, 5.74) is 0.535. The van der Waals surface area contributed by atoms with E-state index in [4.69, 9.17) is 0 Å². The molecular formula is C9H8IN3O2S. The van der Waals surface area contributed by atoms with Crippen molar-refractivity contribution < 1.29 is 8.42 Å². The maximum absolute atomic E-state index is 11.8. The van der Waals surface area contributed by atoms with Crippen molar-refractivity contribution in [3.63, 3.8) is 0 Å². The highest BCUT2D eigenvalue weighted by Crippen LogP contribution is 2.16. The molecule has 1 aromatic carbocycles. The number of nitrogens with one attached hydrogen (secondary N) is 2. The molecule has 0 amide bonds. The molecule has 0 aliphatic carbocycles. The summed E-state index contributed by atoms with van der Waals surface area (Å²) in [6.45, 7) is 0. The van der Waals surface area contributed by atoms with Gasteiger partial charge >= 0.3 is 0 Å². The first-order chi connectivity index (χ1) is 7.58. The van der Waals surface area contributed by atoms with Gasteiger partial charge in [-0.15, -0.1) is 0 Å². The van der Waals surface area contributed by atoms with Crippen molar-refractivity contribution in [3.05, 3.63) is 40.2 Å². The van der Waals surface area contributed by atoms with Crippen LogP contribution in [0, 0.1) is 3.57 Å². The van der Waals surface area contributed by atoms with Crippen LogP contribution in [0.2, 0.25) is 0 Å². The summed E-state index contributed by atoms with van der Waals surface area (Å²) in [6.07, 6.45) is 2.59. The number of anilines is 1. The maximum atomic E-state index is 11.8. The van der Waals surface area contributed by atoms with Crippen LogP contribution in [0.15, 0.2) is 41.6 Å². The Kier molecular flexibility index (Phi) is 3.15. The van der Waals surface area contributed by atoms with Gasteiger partial charge in [-0.3, -0.25) is 9.82 Å². The molecule has 2 N–H and O–H groups in total. The normalized spacial score (nSPS) is 11.3. The molecule has 0 saturated carbocycles. The van der Waals surface area contributed by atoms with E-state index in [0.29, 0.717) is 5.69 Å². The molecule has 1 heterocycles. The van der Waals surface area contributed by atoms with Crippen molar-refractivity contribution >= 4 is 38.3 Å². The molecule has 2 rings (SSSR count). The van der Waals surface area contributed by atoms with Crippen molar-refractivity contribution in [1.29, 1.82) is 0 Å². The van der Waals surface area contributed by atoms with Crippen LogP contribution in [0.1, 0.15) is 0 Å². The fourth-order valence-corrected chi connectivity index (χ4v) is 2.65. The molecule has 7 heteroatoms. The smallest absolute Gasteiger partial charge is 0.265 e.